The second-order valence-electron chi connectivity index (χ2n) is 7.73. The molecule has 1 unspecified atom stereocenters. The molecule has 1 aromatic carbocycles. The van der Waals surface area contributed by atoms with Crippen molar-refractivity contribution in [2.75, 3.05) is 32.7 Å². The first kappa shape index (κ1) is 21.1. The van der Waals surface area contributed by atoms with E-state index in [1.54, 1.807) is 9.80 Å². The SMILES string of the molecule is CC(C)N1CC(C(=O)N2CCCN(C(=O)c3ccc(F)c(F)c3F)CC2)CC1=O. The van der Waals surface area contributed by atoms with Crippen molar-refractivity contribution in [1.29, 1.82) is 0 Å². The van der Waals surface area contributed by atoms with Crippen molar-refractivity contribution < 1.29 is 27.6 Å². The molecule has 2 saturated heterocycles. The molecule has 3 rings (SSSR count). The number of carbonyl (C=O) groups excluding carboxylic acids is 3. The summed E-state index contributed by atoms with van der Waals surface area (Å²) in [7, 11) is 0. The summed E-state index contributed by atoms with van der Waals surface area (Å²) in [6, 6.07) is 1.68. The Morgan fingerprint density at radius 1 is 1.00 bits per heavy atom. The first-order valence-electron chi connectivity index (χ1n) is 9.71. The standard InChI is InChI=1S/C20H24F3N3O3/c1-12(2)26-11-13(10-16(26)27)19(28)24-6-3-7-25(9-8-24)20(29)14-4-5-15(21)18(23)17(14)22/h4-5,12-13H,3,6-11H2,1-2H3. The minimum Gasteiger partial charge on any atom is -0.341 e. The highest BCUT2D eigenvalue weighted by molar-refractivity contribution is 5.94. The summed E-state index contributed by atoms with van der Waals surface area (Å²) in [6.07, 6.45) is 0.646. The fourth-order valence-corrected chi connectivity index (χ4v) is 3.86. The van der Waals surface area contributed by atoms with E-state index in [9.17, 15) is 27.6 Å². The van der Waals surface area contributed by atoms with E-state index in [1.165, 1.54) is 4.90 Å². The number of likely N-dealkylation sites (tertiary alicyclic amines) is 1. The molecular formula is C20H24F3N3O3. The van der Waals surface area contributed by atoms with Gasteiger partial charge in [0, 0.05) is 45.2 Å². The predicted molar refractivity (Wildman–Crippen MR) is 98.4 cm³/mol. The summed E-state index contributed by atoms with van der Waals surface area (Å²) in [5.41, 5.74) is -0.530. The predicted octanol–water partition coefficient (Wildman–Crippen LogP) is 2.04. The number of amides is 3. The van der Waals surface area contributed by atoms with Crippen molar-refractivity contribution in [2.45, 2.75) is 32.7 Å². The van der Waals surface area contributed by atoms with Crippen LogP contribution in [0.3, 0.4) is 0 Å². The highest BCUT2D eigenvalue weighted by Gasteiger charge is 2.38. The molecule has 158 valence electrons. The van der Waals surface area contributed by atoms with Crippen LogP contribution in [-0.2, 0) is 9.59 Å². The molecule has 0 radical (unpaired) electrons. The summed E-state index contributed by atoms with van der Waals surface area (Å²) >= 11 is 0. The summed E-state index contributed by atoms with van der Waals surface area (Å²) in [5, 5.41) is 0. The third-order valence-corrected chi connectivity index (χ3v) is 5.49. The molecule has 0 bridgehead atoms. The van der Waals surface area contributed by atoms with E-state index in [4.69, 9.17) is 0 Å². The molecule has 0 aromatic heterocycles. The van der Waals surface area contributed by atoms with E-state index in [0.29, 0.717) is 19.5 Å². The number of benzene rings is 1. The second kappa shape index (κ2) is 8.42. The Kier molecular flexibility index (Phi) is 6.14. The zero-order valence-electron chi connectivity index (χ0n) is 16.5. The lowest BCUT2D eigenvalue weighted by Gasteiger charge is -2.25. The topological polar surface area (TPSA) is 60.9 Å². The average Bonchev–Trinajstić information content (AvgIpc) is 2.91. The zero-order valence-corrected chi connectivity index (χ0v) is 16.5. The van der Waals surface area contributed by atoms with Gasteiger partial charge in [-0.1, -0.05) is 0 Å². The zero-order chi connectivity index (χ0) is 21.3. The van der Waals surface area contributed by atoms with Gasteiger partial charge in [-0.25, -0.2) is 13.2 Å². The molecule has 1 atom stereocenters. The van der Waals surface area contributed by atoms with Crippen molar-refractivity contribution in [2.24, 2.45) is 5.92 Å². The maximum Gasteiger partial charge on any atom is 0.257 e. The van der Waals surface area contributed by atoms with Crippen molar-refractivity contribution in [3.63, 3.8) is 0 Å². The molecule has 6 nitrogen and oxygen atoms in total. The molecule has 3 amide bonds. The van der Waals surface area contributed by atoms with E-state index in [1.807, 2.05) is 13.8 Å². The van der Waals surface area contributed by atoms with Gasteiger partial charge < -0.3 is 14.7 Å². The van der Waals surface area contributed by atoms with Crippen LogP contribution >= 0.6 is 0 Å². The van der Waals surface area contributed by atoms with Crippen LogP contribution in [0.15, 0.2) is 12.1 Å². The fourth-order valence-electron chi connectivity index (χ4n) is 3.86. The van der Waals surface area contributed by atoms with Gasteiger partial charge in [0.1, 0.15) is 0 Å². The summed E-state index contributed by atoms with van der Waals surface area (Å²) < 4.78 is 40.5. The second-order valence-corrected chi connectivity index (χ2v) is 7.73. The highest BCUT2D eigenvalue weighted by Crippen LogP contribution is 2.23. The van der Waals surface area contributed by atoms with Gasteiger partial charge in [0.05, 0.1) is 11.5 Å². The van der Waals surface area contributed by atoms with Crippen LogP contribution in [0, 0.1) is 23.4 Å². The molecule has 0 spiro atoms. The lowest BCUT2D eigenvalue weighted by Crippen LogP contribution is -2.41. The molecule has 0 saturated carbocycles. The van der Waals surface area contributed by atoms with E-state index < -0.39 is 34.8 Å². The van der Waals surface area contributed by atoms with Gasteiger partial charge in [0.25, 0.3) is 5.91 Å². The number of halogens is 3. The van der Waals surface area contributed by atoms with Gasteiger partial charge in [-0.15, -0.1) is 0 Å². The first-order valence-corrected chi connectivity index (χ1v) is 9.71. The molecule has 2 heterocycles. The highest BCUT2D eigenvalue weighted by atomic mass is 19.2. The quantitative estimate of drug-likeness (QED) is 0.716. The molecule has 2 aliphatic heterocycles. The minimum absolute atomic E-state index is 0.0311. The smallest absolute Gasteiger partial charge is 0.257 e. The van der Waals surface area contributed by atoms with Gasteiger partial charge in [0.15, 0.2) is 17.5 Å². The summed E-state index contributed by atoms with van der Waals surface area (Å²) in [5.74, 6) is -5.86. The van der Waals surface area contributed by atoms with E-state index in [-0.39, 0.29) is 43.9 Å². The molecule has 0 N–H and O–H groups in total. The first-order chi connectivity index (χ1) is 13.7. The Morgan fingerprint density at radius 2 is 1.66 bits per heavy atom. The lowest BCUT2D eigenvalue weighted by molar-refractivity contribution is -0.135. The summed E-state index contributed by atoms with van der Waals surface area (Å²) in [6.45, 7) is 5.25. The third-order valence-electron chi connectivity index (χ3n) is 5.49. The van der Waals surface area contributed by atoms with Crippen LogP contribution in [-0.4, -0.2) is 71.2 Å². The van der Waals surface area contributed by atoms with Crippen molar-refractivity contribution >= 4 is 17.7 Å². The van der Waals surface area contributed by atoms with Crippen LogP contribution in [0.25, 0.3) is 0 Å². The Bertz CT molecular complexity index is 831. The number of nitrogens with zero attached hydrogens (tertiary/aromatic N) is 3. The van der Waals surface area contributed by atoms with Crippen LogP contribution in [0.2, 0.25) is 0 Å². The van der Waals surface area contributed by atoms with Crippen LogP contribution in [0.1, 0.15) is 37.0 Å². The van der Waals surface area contributed by atoms with Crippen LogP contribution < -0.4 is 0 Å². The van der Waals surface area contributed by atoms with Gasteiger partial charge in [0.2, 0.25) is 11.8 Å². The third kappa shape index (κ3) is 4.23. The van der Waals surface area contributed by atoms with E-state index >= 15 is 0 Å². The normalized spacial score (nSPS) is 20.4. The molecular weight excluding hydrogens is 387 g/mol. The number of carbonyl (C=O) groups is 3. The molecule has 9 heteroatoms. The Balaban J connectivity index is 1.65. The lowest BCUT2D eigenvalue weighted by atomic mass is 10.1. The Hall–Kier alpha value is -2.58. The maximum absolute atomic E-state index is 14.0. The molecule has 2 fully saturated rings. The minimum atomic E-state index is -1.68. The Morgan fingerprint density at radius 3 is 2.31 bits per heavy atom. The van der Waals surface area contributed by atoms with Crippen LogP contribution in [0.4, 0.5) is 13.2 Å². The van der Waals surface area contributed by atoms with Crippen LogP contribution in [0.5, 0.6) is 0 Å². The van der Waals surface area contributed by atoms with Crippen molar-refractivity contribution in [1.82, 2.24) is 14.7 Å². The fraction of sp³-hybridized carbons (Fsp3) is 0.550. The average molecular weight is 411 g/mol. The number of hydrogen-bond acceptors (Lipinski definition) is 3. The largest absolute Gasteiger partial charge is 0.341 e. The number of hydrogen-bond donors (Lipinski definition) is 0. The van der Waals surface area contributed by atoms with Gasteiger partial charge in [-0.05, 0) is 32.4 Å². The van der Waals surface area contributed by atoms with Gasteiger partial charge in [-0.3, -0.25) is 14.4 Å². The molecule has 1 aromatic rings. The van der Waals surface area contributed by atoms with Crippen molar-refractivity contribution in [3.8, 4) is 0 Å². The van der Waals surface area contributed by atoms with Crippen molar-refractivity contribution in [3.05, 3.63) is 35.1 Å². The molecule has 2 aliphatic rings. The van der Waals surface area contributed by atoms with Gasteiger partial charge >= 0.3 is 0 Å². The Labute approximate surface area is 167 Å². The monoisotopic (exact) mass is 411 g/mol. The molecule has 0 aliphatic carbocycles. The molecule has 29 heavy (non-hydrogen) atoms. The van der Waals surface area contributed by atoms with Gasteiger partial charge in [-0.2, -0.15) is 0 Å². The van der Waals surface area contributed by atoms with E-state index in [0.717, 1.165) is 12.1 Å². The summed E-state index contributed by atoms with van der Waals surface area (Å²) in [4.78, 5) is 42.1. The van der Waals surface area contributed by atoms with E-state index in [2.05, 4.69) is 0 Å². The maximum atomic E-state index is 14.0. The number of rotatable bonds is 3.